The fourth-order valence-electron chi connectivity index (χ4n) is 2.30. The van der Waals surface area contributed by atoms with Crippen LogP contribution in [0.3, 0.4) is 0 Å². The number of hydrogen-bond donors (Lipinski definition) is 0. The Hall–Kier alpha value is -2.17. The number of hydrogen-bond acceptors (Lipinski definition) is 4. The molecular weight excluding hydrogens is 268 g/mol. The van der Waals surface area contributed by atoms with E-state index in [1.807, 2.05) is 0 Å². The zero-order valence-corrected chi connectivity index (χ0v) is 12.8. The van der Waals surface area contributed by atoms with Gasteiger partial charge in [-0.2, -0.15) is 0 Å². The maximum atomic E-state index is 10.9. The molecule has 0 aliphatic carbocycles. The number of ether oxygens (including phenoxy) is 1. The van der Waals surface area contributed by atoms with E-state index in [1.165, 1.54) is 19.2 Å². The summed E-state index contributed by atoms with van der Waals surface area (Å²) in [6, 6.07) is 4.74. The number of nitrogens with zero attached hydrogens (tertiary/aromatic N) is 2. The number of benzene rings is 1. The van der Waals surface area contributed by atoms with Crippen LogP contribution >= 0.6 is 0 Å². The second-order valence-electron chi connectivity index (χ2n) is 6.08. The van der Waals surface area contributed by atoms with Gasteiger partial charge >= 0.3 is 0 Å². The van der Waals surface area contributed by atoms with E-state index in [0.29, 0.717) is 5.75 Å². The standard InChI is InChI=1S/C16H20N2O3/c1-16(2,3)15-9-11(7-8-17-15)13-6-5-12(18(19)20)10-14(13)21-4/h5-6,9-10H,7-8H2,1-4H3. The average Bonchev–Trinajstić information content (AvgIpc) is 2.45. The maximum Gasteiger partial charge on any atom is 0.273 e. The molecule has 21 heavy (non-hydrogen) atoms. The Morgan fingerprint density at radius 1 is 1.33 bits per heavy atom. The van der Waals surface area contributed by atoms with Crippen LogP contribution in [0.15, 0.2) is 29.3 Å². The first-order chi connectivity index (χ1) is 9.82. The molecule has 2 rings (SSSR count). The number of aliphatic imine (C=N–C) groups is 1. The van der Waals surface area contributed by atoms with Crippen molar-refractivity contribution in [3.63, 3.8) is 0 Å². The molecule has 0 saturated carbocycles. The van der Waals surface area contributed by atoms with Gasteiger partial charge in [0.1, 0.15) is 5.75 Å². The maximum absolute atomic E-state index is 10.9. The molecule has 1 aliphatic rings. The number of dihydropyridines is 1. The van der Waals surface area contributed by atoms with Gasteiger partial charge in [0, 0.05) is 29.3 Å². The molecule has 0 spiro atoms. The molecule has 1 aliphatic heterocycles. The van der Waals surface area contributed by atoms with E-state index in [9.17, 15) is 10.1 Å². The van der Waals surface area contributed by atoms with Crippen LogP contribution < -0.4 is 4.74 Å². The molecule has 0 aromatic heterocycles. The van der Waals surface area contributed by atoms with Gasteiger partial charge in [0.05, 0.1) is 18.1 Å². The SMILES string of the molecule is COc1cc([N+](=O)[O-])ccc1C1=CC(C(C)(C)C)=NCC1. The van der Waals surface area contributed by atoms with Gasteiger partial charge in [-0.1, -0.05) is 20.8 Å². The van der Waals surface area contributed by atoms with Crippen LogP contribution in [0.1, 0.15) is 32.8 Å². The molecule has 0 amide bonds. The van der Waals surface area contributed by atoms with Crippen molar-refractivity contribution in [2.75, 3.05) is 13.7 Å². The monoisotopic (exact) mass is 288 g/mol. The minimum Gasteiger partial charge on any atom is -0.496 e. The normalized spacial score (nSPS) is 15.2. The van der Waals surface area contributed by atoms with Gasteiger partial charge in [-0.15, -0.1) is 0 Å². The van der Waals surface area contributed by atoms with Crippen LogP contribution in [-0.2, 0) is 0 Å². The summed E-state index contributed by atoms with van der Waals surface area (Å²) in [7, 11) is 1.53. The molecular formula is C16H20N2O3. The number of rotatable bonds is 3. The Bertz CT molecular complexity index is 625. The van der Waals surface area contributed by atoms with Gasteiger partial charge in [-0.05, 0) is 24.1 Å². The Balaban J connectivity index is 2.45. The quantitative estimate of drug-likeness (QED) is 0.626. The molecule has 112 valence electrons. The Morgan fingerprint density at radius 2 is 2.05 bits per heavy atom. The predicted octanol–water partition coefficient (Wildman–Crippen LogP) is 3.88. The van der Waals surface area contributed by atoms with Gasteiger partial charge < -0.3 is 4.74 Å². The first-order valence-electron chi connectivity index (χ1n) is 6.91. The van der Waals surface area contributed by atoms with Gasteiger partial charge in [0.2, 0.25) is 0 Å². The van der Waals surface area contributed by atoms with Gasteiger partial charge in [-0.25, -0.2) is 0 Å². The Morgan fingerprint density at radius 3 is 2.62 bits per heavy atom. The van der Waals surface area contributed by atoms with Crippen LogP contribution in [0.5, 0.6) is 5.75 Å². The van der Waals surface area contributed by atoms with Gasteiger partial charge in [-0.3, -0.25) is 15.1 Å². The average molecular weight is 288 g/mol. The summed E-state index contributed by atoms with van der Waals surface area (Å²) >= 11 is 0. The van der Waals surface area contributed by atoms with Crippen molar-refractivity contribution in [3.05, 3.63) is 40.0 Å². The molecule has 5 nitrogen and oxygen atoms in total. The third-order valence-corrected chi connectivity index (χ3v) is 3.48. The van der Waals surface area contributed by atoms with Crippen LogP contribution in [0.4, 0.5) is 5.69 Å². The molecule has 0 radical (unpaired) electrons. The van der Waals surface area contributed by atoms with Crippen molar-refractivity contribution < 1.29 is 9.66 Å². The number of nitro groups is 1. The van der Waals surface area contributed by atoms with E-state index in [2.05, 4.69) is 31.8 Å². The summed E-state index contributed by atoms with van der Waals surface area (Å²) in [5.74, 6) is 0.533. The minimum atomic E-state index is -0.413. The number of non-ortho nitro benzene ring substituents is 1. The molecule has 5 heteroatoms. The third kappa shape index (κ3) is 3.29. The van der Waals surface area contributed by atoms with Crippen LogP contribution in [0, 0.1) is 15.5 Å². The number of methoxy groups -OCH3 is 1. The summed E-state index contributed by atoms with van der Waals surface area (Å²) < 4.78 is 5.33. The topological polar surface area (TPSA) is 64.7 Å². The van der Waals surface area contributed by atoms with Crippen molar-refractivity contribution in [2.45, 2.75) is 27.2 Å². The van der Waals surface area contributed by atoms with Crippen molar-refractivity contribution in [1.29, 1.82) is 0 Å². The highest BCUT2D eigenvalue weighted by Gasteiger charge is 2.22. The Kier molecular flexibility index (Phi) is 4.11. The third-order valence-electron chi connectivity index (χ3n) is 3.48. The van der Waals surface area contributed by atoms with Crippen molar-refractivity contribution >= 4 is 17.0 Å². The lowest BCUT2D eigenvalue weighted by molar-refractivity contribution is -0.384. The summed E-state index contributed by atoms with van der Waals surface area (Å²) in [6.07, 6.45) is 2.89. The first-order valence-corrected chi connectivity index (χ1v) is 6.91. The summed E-state index contributed by atoms with van der Waals surface area (Å²) in [5, 5.41) is 10.9. The highest BCUT2D eigenvalue weighted by molar-refractivity contribution is 6.05. The van der Waals surface area contributed by atoms with Crippen LogP contribution in [0.2, 0.25) is 0 Å². The van der Waals surface area contributed by atoms with Crippen LogP contribution in [0.25, 0.3) is 5.57 Å². The molecule has 0 atom stereocenters. The molecule has 1 heterocycles. The number of allylic oxidation sites excluding steroid dienone is 1. The van der Waals surface area contributed by atoms with Gasteiger partial charge in [0.25, 0.3) is 5.69 Å². The summed E-state index contributed by atoms with van der Waals surface area (Å²) in [5.41, 5.74) is 3.09. The second-order valence-corrected chi connectivity index (χ2v) is 6.08. The lowest BCUT2D eigenvalue weighted by atomic mass is 9.85. The molecule has 1 aromatic rings. The summed E-state index contributed by atoms with van der Waals surface area (Å²) in [6.45, 7) is 7.10. The fourth-order valence-corrected chi connectivity index (χ4v) is 2.30. The number of nitro benzene ring substituents is 1. The van der Waals surface area contributed by atoms with E-state index in [-0.39, 0.29) is 11.1 Å². The van der Waals surface area contributed by atoms with E-state index >= 15 is 0 Å². The zero-order chi connectivity index (χ0) is 15.6. The highest BCUT2D eigenvalue weighted by atomic mass is 16.6. The lowest BCUT2D eigenvalue weighted by Gasteiger charge is -2.24. The van der Waals surface area contributed by atoms with E-state index < -0.39 is 4.92 Å². The molecule has 1 aromatic carbocycles. The lowest BCUT2D eigenvalue weighted by Crippen LogP contribution is -2.21. The molecule has 0 fully saturated rings. The van der Waals surface area contributed by atoms with Crippen LogP contribution in [-0.4, -0.2) is 24.3 Å². The molecule has 0 saturated heterocycles. The predicted molar refractivity (Wildman–Crippen MR) is 84.0 cm³/mol. The fraction of sp³-hybridized carbons (Fsp3) is 0.438. The minimum absolute atomic E-state index is 0.0142. The van der Waals surface area contributed by atoms with Crippen molar-refractivity contribution in [2.24, 2.45) is 10.4 Å². The molecule has 0 unspecified atom stereocenters. The van der Waals surface area contributed by atoms with Gasteiger partial charge in [0.15, 0.2) is 0 Å². The molecule has 0 N–H and O–H groups in total. The van der Waals surface area contributed by atoms with E-state index in [1.54, 1.807) is 6.07 Å². The molecule has 0 bridgehead atoms. The van der Waals surface area contributed by atoms with E-state index in [4.69, 9.17) is 4.74 Å². The zero-order valence-electron chi connectivity index (χ0n) is 12.8. The van der Waals surface area contributed by atoms with Crippen molar-refractivity contribution in [1.82, 2.24) is 0 Å². The largest absolute Gasteiger partial charge is 0.496 e. The first kappa shape index (κ1) is 15.2. The van der Waals surface area contributed by atoms with E-state index in [0.717, 1.165) is 29.8 Å². The second kappa shape index (κ2) is 5.68. The highest BCUT2D eigenvalue weighted by Crippen LogP contribution is 2.34. The Labute approximate surface area is 124 Å². The summed E-state index contributed by atoms with van der Waals surface area (Å²) in [4.78, 5) is 15.0. The van der Waals surface area contributed by atoms with Crippen molar-refractivity contribution in [3.8, 4) is 5.75 Å². The smallest absolute Gasteiger partial charge is 0.273 e.